The molecule has 0 aromatic carbocycles. The molecule has 0 unspecified atom stereocenters. The predicted molar refractivity (Wildman–Crippen MR) is 54.4 cm³/mol. The first-order valence-corrected chi connectivity index (χ1v) is 4.49. The normalized spacial score (nSPS) is 8.13. The molecule has 0 fully saturated rings. The van der Waals surface area contributed by atoms with Gasteiger partial charge in [-0.3, -0.25) is 9.59 Å². The summed E-state index contributed by atoms with van der Waals surface area (Å²) in [7, 11) is 0. The van der Waals surface area contributed by atoms with Crippen molar-refractivity contribution in [2.75, 3.05) is 0 Å². The van der Waals surface area contributed by atoms with Crippen LogP contribution in [0.5, 0.6) is 0 Å². The van der Waals surface area contributed by atoms with Crippen molar-refractivity contribution in [1.82, 2.24) is 0 Å². The number of hydrogen-bond acceptors (Lipinski definition) is 4. The lowest BCUT2D eigenvalue weighted by atomic mass is 10.2. The van der Waals surface area contributed by atoms with Gasteiger partial charge < -0.3 is 20.4 Å². The number of aliphatic hydroxyl groups is 2. The standard InChI is InChI=1S/C5H12O2.2C2H4O2/c1-2-3-4-5(6)7;2*1-2(3)4/h5-7H,2-4H2,1H3;2*1H3,(H,3,4). The van der Waals surface area contributed by atoms with E-state index < -0.39 is 18.2 Å². The lowest BCUT2D eigenvalue weighted by Crippen LogP contribution is -2.02. The number of unbranched alkanes of at least 4 members (excludes halogenated alkanes) is 1. The van der Waals surface area contributed by atoms with Crippen LogP contribution in [0.25, 0.3) is 0 Å². The number of rotatable bonds is 3. The van der Waals surface area contributed by atoms with E-state index in [-0.39, 0.29) is 0 Å². The van der Waals surface area contributed by atoms with Crippen LogP contribution in [-0.4, -0.2) is 38.7 Å². The summed E-state index contributed by atoms with van der Waals surface area (Å²) in [6.45, 7) is 4.18. The van der Waals surface area contributed by atoms with Gasteiger partial charge in [0.2, 0.25) is 0 Å². The van der Waals surface area contributed by atoms with Crippen molar-refractivity contribution in [3.63, 3.8) is 0 Å². The van der Waals surface area contributed by atoms with Crippen LogP contribution >= 0.6 is 0 Å². The van der Waals surface area contributed by atoms with Crippen LogP contribution < -0.4 is 0 Å². The first kappa shape index (κ1) is 19.4. The minimum absolute atomic E-state index is 0.510. The number of carbonyl (C=O) groups is 2. The molecule has 0 spiro atoms. The van der Waals surface area contributed by atoms with Gasteiger partial charge in [0.05, 0.1) is 0 Å². The van der Waals surface area contributed by atoms with E-state index in [2.05, 4.69) is 0 Å². The van der Waals surface area contributed by atoms with Gasteiger partial charge in [-0.25, -0.2) is 0 Å². The SMILES string of the molecule is CC(=O)O.CC(=O)O.CCCCC(O)O. The van der Waals surface area contributed by atoms with Gasteiger partial charge in [0.15, 0.2) is 6.29 Å². The Hall–Kier alpha value is -1.14. The number of hydrogen-bond donors (Lipinski definition) is 4. The number of aliphatic hydroxyl groups excluding tert-OH is 1. The van der Waals surface area contributed by atoms with E-state index in [1.807, 2.05) is 6.92 Å². The summed E-state index contributed by atoms with van der Waals surface area (Å²) in [4.78, 5) is 18.0. The third-order valence-corrected chi connectivity index (χ3v) is 0.816. The molecule has 0 aliphatic rings. The second kappa shape index (κ2) is 15.3. The van der Waals surface area contributed by atoms with Crippen molar-refractivity contribution < 1.29 is 30.0 Å². The van der Waals surface area contributed by atoms with Crippen LogP contribution in [0.1, 0.15) is 40.0 Å². The van der Waals surface area contributed by atoms with E-state index in [9.17, 15) is 0 Å². The highest BCUT2D eigenvalue weighted by molar-refractivity contribution is 5.63. The fourth-order valence-corrected chi connectivity index (χ4v) is 0.387. The van der Waals surface area contributed by atoms with E-state index in [1.165, 1.54) is 0 Å². The number of aliphatic carboxylic acids is 2. The zero-order valence-corrected chi connectivity index (χ0v) is 9.30. The molecule has 0 bridgehead atoms. The molecule has 0 aromatic heterocycles. The molecule has 0 rings (SSSR count). The Labute approximate surface area is 89.2 Å². The monoisotopic (exact) mass is 224 g/mol. The second-order valence-corrected chi connectivity index (χ2v) is 2.66. The highest BCUT2D eigenvalue weighted by atomic mass is 16.5. The molecule has 0 radical (unpaired) electrons. The summed E-state index contributed by atoms with van der Waals surface area (Å²) in [5.41, 5.74) is 0. The molecule has 92 valence electrons. The van der Waals surface area contributed by atoms with Crippen LogP contribution in [0.3, 0.4) is 0 Å². The average molecular weight is 224 g/mol. The molecule has 0 saturated carbocycles. The Balaban J connectivity index is -0.000000155. The molecule has 0 aliphatic heterocycles. The van der Waals surface area contributed by atoms with Crippen LogP contribution in [0.4, 0.5) is 0 Å². The second-order valence-electron chi connectivity index (χ2n) is 2.66. The zero-order chi connectivity index (χ0) is 12.9. The molecule has 0 saturated heterocycles. The summed E-state index contributed by atoms with van der Waals surface area (Å²) in [5, 5.41) is 31.3. The summed E-state index contributed by atoms with van der Waals surface area (Å²) in [6, 6.07) is 0. The highest BCUT2D eigenvalue weighted by Crippen LogP contribution is 1.95. The summed E-state index contributed by atoms with van der Waals surface area (Å²) in [5.74, 6) is -1.67. The Morgan fingerprint density at radius 1 is 1.07 bits per heavy atom. The molecular weight excluding hydrogens is 204 g/mol. The minimum Gasteiger partial charge on any atom is -0.481 e. The van der Waals surface area contributed by atoms with Gasteiger partial charge in [0.25, 0.3) is 11.9 Å². The first-order chi connectivity index (χ1) is 6.73. The Morgan fingerprint density at radius 2 is 1.33 bits per heavy atom. The largest absolute Gasteiger partial charge is 0.481 e. The first-order valence-electron chi connectivity index (χ1n) is 4.49. The molecule has 0 aromatic rings. The zero-order valence-electron chi connectivity index (χ0n) is 9.30. The van der Waals surface area contributed by atoms with E-state index in [4.69, 9.17) is 30.0 Å². The third-order valence-electron chi connectivity index (χ3n) is 0.816. The Morgan fingerprint density at radius 3 is 1.40 bits per heavy atom. The van der Waals surface area contributed by atoms with Crippen molar-refractivity contribution in [3.05, 3.63) is 0 Å². The van der Waals surface area contributed by atoms with Gasteiger partial charge in [-0.1, -0.05) is 13.3 Å². The molecule has 4 N–H and O–H groups in total. The van der Waals surface area contributed by atoms with Crippen LogP contribution in [0.15, 0.2) is 0 Å². The fourth-order valence-electron chi connectivity index (χ4n) is 0.387. The molecule has 0 amide bonds. The average Bonchev–Trinajstić information content (AvgIpc) is 1.98. The van der Waals surface area contributed by atoms with Gasteiger partial charge in [0, 0.05) is 13.8 Å². The fraction of sp³-hybridized carbons (Fsp3) is 0.778. The molecule has 6 heteroatoms. The smallest absolute Gasteiger partial charge is 0.300 e. The van der Waals surface area contributed by atoms with Crippen LogP contribution in [0, 0.1) is 0 Å². The quantitative estimate of drug-likeness (QED) is 0.524. The van der Waals surface area contributed by atoms with Crippen LogP contribution in [-0.2, 0) is 9.59 Å². The van der Waals surface area contributed by atoms with Crippen molar-refractivity contribution in [2.45, 2.75) is 46.3 Å². The molecule has 15 heavy (non-hydrogen) atoms. The maximum atomic E-state index is 9.00. The van der Waals surface area contributed by atoms with Gasteiger partial charge in [-0.2, -0.15) is 0 Å². The third kappa shape index (κ3) is 185. The summed E-state index contributed by atoms with van der Waals surface area (Å²) in [6.07, 6.45) is 1.34. The summed E-state index contributed by atoms with van der Waals surface area (Å²) >= 11 is 0. The van der Waals surface area contributed by atoms with Gasteiger partial charge in [-0.15, -0.1) is 0 Å². The Bertz CT molecular complexity index is 135. The molecule has 0 aliphatic carbocycles. The van der Waals surface area contributed by atoms with E-state index in [1.54, 1.807) is 0 Å². The lowest BCUT2D eigenvalue weighted by Gasteiger charge is -1.97. The minimum atomic E-state index is -1.10. The van der Waals surface area contributed by atoms with Crippen molar-refractivity contribution in [1.29, 1.82) is 0 Å². The van der Waals surface area contributed by atoms with Crippen molar-refractivity contribution >= 4 is 11.9 Å². The highest BCUT2D eigenvalue weighted by Gasteiger charge is 1.92. The van der Waals surface area contributed by atoms with Gasteiger partial charge in [0.1, 0.15) is 0 Å². The molecule has 0 heterocycles. The van der Waals surface area contributed by atoms with E-state index in [0.29, 0.717) is 6.42 Å². The molecule has 6 nitrogen and oxygen atoms in total. The topological polar surface area (TPSA) is 115 Å². The van der Waals surface area contributed by atoms with Gasteiger partial charge in [-0.05, 0) is 12.8 Å². The number of carboxylic acids is 2. The maximum Gasteiger partial charge on any atom is 0.300 e. The van der Waals surface area contributed by atoms with Crippen LogP contribution in [0.2, 0.25) is 0 Å². The predicted octanol–water partition coefficient (Wildman–Crippen LogP) is 0.669. The van der Waals surface area contributed by atoms with Crippen molar-refractivity contribution in [2.24, 2.45) is 0 Å². The number of carboxylic acid groups (broad SMARTS) is 2. The van der Waals surface area contributed by atoms with Gasteiger partial charge >= 0.3 is 0 Å². The molecular formula is C9H20O6. The van der Waals surface area contributed by atoms with Crippen molar-refractivity contribution in [3.8, 4) is 0 Å². The van der Waals surface area contributed by atoms with E-state index in [0.717, 1.165) is 26.7 Å². The van der Waals surface area contributed by atoms with E-state index >= 15 is 0 Å². The Kier molecular flexibility index (Phi) is 19.9. The maximum absolute atomic E-state index is 9.00. The lowest BCUT2D eigenvalue weighted by molar-refractivity contribution is -0.135. The summed E-state index contributed by atoms with van der Waals surface area (Å²) < 4.78 is 0. The molecule has 0 atom stereocenters.